The summed E-state index contributed by atoms with van der Waals surface area (Å²) in [6.45, 7) is 18.7. The van der Waals surface area contributed by atoms with Crippen molar-refractivity contribution in [1.29, 1.82) is 0 Å². The molecule has 0 saturated carbocycles. The average molecular weight is 300 g/mol. The number of carbonyl (C=O) groups is 1. The van der Waals surface area contributed by atoms with Gasteiger partial charge in [-0.05, 0) is 44.9 Å². The normalized spacial score (nSPS) is 14.4. The van der Waals surface area contributed by atoms with Crippen LogP contribution in [0.3, 0.4) is 0 Å². The number of nitrogens with zero attached hydrogens (tertiary/aromatic N) is 2. The maximum absolute atomic E-state index is 10.8. The van der Waals surface area contributed by atoms with E-state index in [-0.39, 0.29) is 0 Å². The van der Waals surface area contributed by atoms with Crippen molar-refractivity contribution >= 4 is 17.4 Å². The molecule has 0 amide bonds. The summed E-state index contributed by atoms with van der Waals surface area (Å²) in [5, 5.41) is 8.83. The van der Waals surface area contributed by atoms with Crippen LogP contribution in [0.25, 0.3) is 0 Å². The van der Waals surface area contributed by atoms with E-state index in [0.717, 1.165) is 5.71 Å². The third-order valence-corrected chi connectivity index (χ3v) is 2.78. The van der Waals surface area contributed by atoms with Gasteiger partial charge in [-0.15, -0.1) is 0 Å². The molecule has 0 heterocycles. The zero-order valence-electron chi connectivity index (χ0n) is 13.8. The molecular formula is C18H24N2O2. The minimum Gasteiger partial charge on any atom is -0.480 e. The second-order valence-corrected chi connectivity index (χ2v) is 4.81. The lowest BCUT2D eigenvalue weighted by atomic mass is 10.1. The van der Waals surface area contributed by atoms with Crippen molar-refractivity contribution in [1.82, 2.24) is 0 Å². The van der Waals surface area contributed by atoms with Crippen LogP contribution in [0.5, 0.6) is 0 Å². The van der Waals surface area contributed by atoms with Crippen molar-refractivity contribution in [2.24, 2.45) is 9.98 Å². The summed E-state index contributed by atoms with van der Waals surface area (Å²) in [5.41, 5.74) is 3.25. The second-order valence-electron chi connectivity index (χ2n) is 4.81. The number of carboxylic acids is 1. The standard InChI is InChI=1S/C18H24N2O2/c1-8-9-14(4)19-15(5)12(2)10-11-13(3)16(6)20-17(7)18(21)22/h8-11,17H,2-3,5H2,1,4,6-7H3,(H,21,22)/b9-8-,11-10-,19-14?,20-16?. The first kappa shape index (κ1) is 19.5. The fraction of sp³-hybridized carbons (Fsp3) is 0.278. The average Bonchev–Trinajstić information content (AvgIpc) is 2.43. The summed E-state index contributed by atoms with van der Waals surface area (Å²) < 4.78 is 0. The molecule has 0 bridgehead atoms. The summed E-state index contributed by atoms with van der Waals surface area (Å²) in [6.07, 6.45) is 7.24. The number of rotatable bonds is 8. The lowest BCUT2D eigenvalue weighted by Crippen LogP contribution is -2.15. The molecule has 4 heteroatoms. The van der Waals surface area contributed by atoms with Crippen LogP contribution in [0.2, 0.25) is 0 Å². The molecule has 0 saturated heterocycles. The Hall–Kier alpha value is -2.49. The highest BCUT2D eigenvalue weighted by Crippen LogP contribution is 2.11. The highest BCUT2D eigenvalue weighted by molar-refractivity contribution is 6.01. The summed E-state index contributed by atoms with van der Waals surface area (Å²) in [6, 6.07) is -0.795. The molecule has 0 spiro atoms. The van der Waals surface area contributed by atoms with Crippen LogP contribution in [-0.4, -0.2) is 28.5 Å². The van der Waals surface area contributed by atoms with Crippen LogP contribution in [0.15, 0.2) is 70.9 Å². The van der Waals surface area contributed by atoms with E-state index in [2.05, 4.69) is 29.7 Å². The molecule has 0 aromatic heterocycles. The molecule has 0 aromatic carbocycles. The van der Waals surface area contributed by atoms with E-state index in [9.17, 15) is 4.79 Å². The van der Waals surface area contributed by atoms with Crippen molar-refractivity contribution in [2.45, 2.75) is 33.7 Å². The van der Waals surface area contributed by atoms with E-state index in [1.54, 1.807) is 19.1 Å². The van der Waals surface area contributed by atoms with E-state index in [1.807, 2.05) is 26.0 Å². The number of hydrogen-bond acceptors (Lipinski definition) is 3. The zero-order valence-corrected chi connectivity index (χ0v) is 13.8. The summed E-state index contributed by atoms with van der Waals surface area (Å²) in [4.78, 5) is 19.1. The first-order valence-electron chi connectivity index (χ1n) is 6.89. The maximum atomic E-state index is 10.8. The van der Waals surface area contributed by atoms with Gasteiger partial charge >= 0.3 is 5.97 Å². The predicted molar refractivity (Wildman–Crippen MR) is 94.7 cm³/mol. The fourth-order valence-electron chi connectivity index (χ4n) is 1.41. The molecule has 22 heavy (non-hydrogen) atoms. The molecular weight excluding hydrogens is 276 g/mol. The largest absolute Gasteiger partial charge is 0.480 e. The SMILES string of the molecule is C=C(/C=C\C(=C)C(C)=NC(C)C(=O)O)C(=C)N=C(C)/C=C\C. The van der Waals surface area contributed by atoms with Gasteiger partial charge in [0.15, 0.2) is 0 Å². The molecule has 0 aromatic rings. The van der Waals surface area contributed by atoms with Crippen molar-refractivity contribution in [3.05, 3.63) is 60.9 Å². The van der Waals surface area contributed by atoms with Gasteiger partial charge in [0.2, 0.25) is 0 Å². The Morgan fingerprint density at radius 3 is 2.14 bits per heavy atom. The summed E-state index contributed by atoms with van der Waals surface area (Å²) >= 11 is 0. The molecule has 118 valence electrons. The Labute approximate surface area is 132 Å². The van der Waals surface area contributed by atoms with Gasteiger partial charge in [0.1, 0.15) is 6.04 Å². The molecule has 1 unspecified atom stereocenters. The van der Waals surface area contributed by atoms with Crippen LogP contribution in [0.4, 0.5) is 0 Å². The van der Waals surface area contributed by atoms with Gasteiger partial charge in [0.25, 0.3) is 0 Å². The monoisotopic (exact) mass is 300 g/mol. The first-order chi connectivity index (χ1) is 10.2. The molecule has 1 N–H and O–H groups in total. The van der Waals surface area contributed by atoms with Crippen LogP contribution >= 0.6 is 0 Å². The Balaban J connectivity index is 4.88. The summed E-state index contributed by atoms with van der Waals surface area (Å²) in [5.74, 6) is -0.970. The van der Waals surface area contributed by atoms with E-state index in [4.69, 9.17) is 5.11 Å². The number of allylic oxidation sites excluding steroid dienone is 5. The van der Waals surface area contributed by atoms with Gasteiger partial charge in [0, 0.05) is 11.4 Å². The number of hydrogen-bond donors (Lipinski definition) is 1. The Bertz CT molecular complexity index is 590. The maximum Gasteiger partial charge on any atom is 0.328 e. The molecule has 0 aliphatic rings. The fourth-order valence-corrected chi connectivity index (χ4v) is 1.41. The van der Waals surface area contributed by atoms with Gasteiger partial charge in [-0.1, -0.05) is 38.0 Å². The van der Waals surface area contributed by atoms with Gasteiger partial charge in [-0.25, -0.2) is 4.79 Å². The molecule has 1 atom stereocenters. The van der Waals surface area contributed by atoms with Crippen LogP contribution < -0.4 is 0 Å². The molecule has 0 aliphatic heterocycles. The van der Waals surface area contributed by atoms with Gasteiger partial charge in [0.05, 0.1) is 5.70 Å². The van der Waals surface area contributed by atoms with Crippen molar-refractivity contribution in [2.75, 3.05) is 0 Å². The Kier molecular flexibility index (Phi) is 8.38. The van der Waals surface area contributed by atoms with E-state index in [0.29, 0.717) is 22.6 Å². The van der Waals surface area contributed by atoms with Crippen LogP contribution in [-0.2, 0) is 4.79 Å². The number of aliphatic carboxylic acids is 1. The molecule has 0 radical (unpaired) electrons. The van der Waals surface area contributed by atoms with Crippen molar-refractivity contribution in [3.63, 3.8) is 0 Å². The third kappa shape index (κ3) is 7.33. The minimum absolute atomic E-state index is 0.563. The zero-order chi connectivity index (χ0) is 17.3. The quantitative estimate of drug-likeness (QED) is 0.541. The van der Waals surface area contributed by atoms with Crippen LogP contribution in [0.1, 0.15) is 27.7 Å². The number of aliphatic imine (C=N–C) groups is 2. The Morgan fingerprint density at radius 2 is 1.64 bits per heavy atom. The molecule has 0 rings (SSSR count). The van der Waals surface area contributed by atoms with Gasteiger partial charge < -0.3 is 5.11 Å². The summed E-state index contributed by atoms with van der Waals surface area (Å²) in [7, 11) is 0. The topological polar surface area (TPSA) is 62.0 Å². The highest BCUT2D eigenvalue weighted by Gasteiger charge is 2.09. The van der Waals surface area contributed by atoms with E-state index >= 15 is 0 Å². The second kappa shape index (κ2) is 9.45. The minimum atomic E-state index is -0.970. The van der Waals surface area contributed by atoms with Gasteiger partial charge in [-0.2, -0.15) is 0 Å². The van der Waals surface area contributed by atoms with E-state index < -0.39 is 12.0 Å². The highest BCUT2D eigenvalue weighted by atomic mass is 16.4. The smallest absolute Gasteiger partial charge is 0.328 e. The third-order valence-electron chi connectivity index (χ3n) is 2.78. The lowest BCUT2D eigenvalue weighted by molar-refractivity contribution is -0.137. The molecule has 0 fully saturated rings. The van der Waals surface area contributed by atoms with Crippen molar-refractivity contribution < 1.29 is 9.90 Å². The Morgan fingerprint density at radius 1 is 1.09 bits per heavy atom. The lowest BCUT2D eigenvalue weighted by Gasteiger charge is -2.04. The van der Waals surface area contributed by atoms with E-state index in [1.165, 1.54) is 6.92 Å². The number of carboxylic acid groups (broad SMARTS) is 1. The molecule has 4 nitrogen and oxygen atoms in total. The van der Waals surface area contributed by atoms with Gasteiger partial charge in [-0.3, -0.25) is 9.98 Å². The predicted octanol–water partition coefficient (Wildman–Crippen LogP) is 4.14. The first-order valence-corrected chi connectivity index (χ1v) is 6.89. The van der Waals surface area contributed by atoms with Crippen molar-refractivity contribution in [3.8, 4) is 0 Å². The molecule has 0 aliphatic carbocycles. The van der Waals surface area contributed by atoms with Crippen LogP contribution in [0, 0.1) is 0 Å².